The van der Waals surface area contributed by atoms with Gasteiger partial charge in [0.15, 0.2) is 0 Å². The van der Waals surface area contributed by atoms with Crippen LogP contribution in [-0.4, -0.2) is 0 Å². The highest BCUT2D eigenvalue weighted by Crippen LogP contribution is 2.66. The van der Waals surface area contributed by atoms with Gasteiger partial charge in [0.2, 0.25) is 0 Å². The zero-order chi connectivity index (χ0) is 51.7. The standard InChI is InChI=1S/C71H68N2S/c1-67(2,3)45-25-33-49(34-26-45)72(50-35-27-46(28-36-50)68(4,5)6)53-41-42-56-60(43-53)71(58-22-16-13-19-54(58)55-20-14-17-23-59(55)71)61-44-62(66-65(64(56)61)57-21-15-18-24-63(57)74-66)73(51-37-29-47(30-38-51)69(7,8)9)52-39-31-48(32-40-52)70(10,11)12/h13-44H,1-12H3. The maximum absolute atomic E-state index is 2.61. The van der Waals surface area contributed by atoms with Gasteiger partial charge < -0.3 is 9.80 Å². The molecule has 74 heavy (non-hydrogen) atoms. The Kier molecular flexibility index (Phi) is 10.9. The molecule has 0 bridgehead atoms. The molecule has 2 aliphatic carbocycles. The average molecular weight is 981 g/mol. The molecule has 0 saturated heterocycles. The number of nitrogens with zero attached hydrogens (tertiary/aromatic N) is 2. The van der Waals surface area contributed by atoms with Crippen molar-refractivity contribution in [2.45, 2.75) is 110 Å². The van der Waals surface area contributed by atoms with E-state index in [2.05, 4.69) is 287 Å². The number of thiophene rings is 1. The van der Waals surface area contributed by atoms with Crippen LogP contribution in [-0.2, 0) is 27.1 Å². The Labute approximate surface area is 444 Å². The van der Waals surface area contributed by atoms with E-state index in [9.17, 15) is 0 Å². The molecule has 368 valence electrons. The lowest BCUT2D eigenvalue weighted by atomic mass is 9.70. The largest absolute Gasteiger partial charge is 0.310 e. The third-order valence-corrected chi connectivity index (χ3v) is 17.3. The second-order valence-electron chi connectivity index (χ2n) is 25.0. The van der Waals surface area contributed by atoms with E-state index in [0.717, 1.165) is 28.4 Å². The topological polar surface area (TPSA) is 6.48 Å². The lowest BCUT2D eigenvalue weighted by Crippen LogP contribution is -2.26. The molecule has 0 saturated carbocycles. The first kappa shape index (κ1) is 47.8. The van der Waals surface area contributed by atoms with Gasteiger partial charge in [0.1, 0.15) is 0 Å². The van der Waals surface area contributed by atoms with Gasteiger partial charge in [-0.1, -0.05) is 204 Å². The number of rotatable bonds is 6. The Morgan fingerprint density at radius 1 is 0.338 bits per heavy atom. The number of benzene rings is 9. The highest BCUT2D eigenvalue weighted by atomic mass is 32.1. The van der Waals surface area contributed by atoms with Crippen molar-refractivity contribution in [1.82, 2.24) is 0 Å². The first-order valence-corrected chi connectivity index (χ1v) is 27.4. The van der Waals surface area contributed by atoms with Crippen LogP contribution in [0, 0.1) is 0 Å². The zero-order valence-corrected chi connectivity index (χ0v) is 46.1. The molecule has 0 atom stereocenters. The van der Waals surface area contributed by atoms with Crippen LogP contribution in [0.15, 0.2) is 194 Å². The maximum atomic E-state index is 2.61. The molecule has 12 rings (SSSR count). The van der Waals surface area contributed by atoms with Crippen LogP contribution in [0.5, 0.6) is 0 Å². The molecule has 2 nitrogen and oxygen atoms in total. The van der Waals surface area contributed by atoms with Gasteiger partial charge in [-0.15, -0.1) is 11.3 Å². The van der Waals surface area contributed by atoms with E-state index in [4.69, 9.17) is 0 Å². The molecule has 10 aromatic rings. The van der Waals surface area contributed by atoms with E-state index in [1.165, 1.54) is 92.6 Å². The predicted molar refractivity (Wildman–Crippen MR) is 320 cm³/mol. The Bertz CT molecular complexity index is 3630. The van der Waals surface area contributed by atoms with E-state index >= 15 is 0 Å². The maximum Gasteiger partial charge on any atom is 0.0727 e. The minimum Gasteiger partial charge on any atom is -0.310 e. The summed E-state index contributed by atoms with van der Waals surface area (Å²) in [4.78, 5) is 5.03. The summed E-state index contributed by atoms with van der Waals surface area (Å²) in [5.41, 5.74) is 22.1. The second-order valence-corrected chi connectivity index (χ2v) is 26.1. The fraction of sp³-hybridized carbons (Fsp3) is 0.239. The number of anilines is 6. The Morgan fingerprint density at radius 3 is 1.18 bits per heavy atom. The molecule has 0 amide bonds. The minimum absolute atomic E-state index is 0.0195. The summed E-state index contributed by atoms with van der Waals surface area (Å²) in [5, 5.41) is 2.61. The van der Waals surface area contributed by atoms with Gasteiger partial charge in [0.25, 0.3) is 0 Å². The zero-order valence-electron chi connectivity index (χ0n) is 45.3. The Morgan fingerprint density at radius 2 is 0.730 bits per heavy atom. The SMILES string of the molecule is CC(C)(C)c1ccc(N(c2ccc(C(C)(C)C)cc2)c2ccc3c(c2)C2(c4ccccc4-c4ccccc42)c2cc(N(c4ccc(C(C)(C)C)cc4)c4ccc(C(C)(C)C)cc4)c4sc5ccccc5c4c2-3)cc1. The van der Waals surface area contributed by atoms with Crippen molar-refractivity contribution in [2.75, 3.05) is 9.80 Å². The Hall–Kier alpha value is -7.20. The van der Waals surface area contributed by atoms with Crippen LogP contribution in [0.4, 0.5) is 34.1 Å². The normalized spacial score (nSPS) is 13.8. The van der Waals surface area contributed by atoms with E-state index in [1.807, 2.05) is 11.3 Å². The summed E-state index contributed by atoms with van der Waals surface area (Å²) in [5.74, 6) is 0. The van der Waals surface area contributed by atoms with Crippen LogP contribution in [0.2, 0.25) is 0 Å². The van der Waals surface area contributed by atoms with Gasteiger partial charge in [0.05, 0.1) is 15.8 Å². The Balaban J connectivity index is 1.18. The monoisotopic (exact) mass is 981 g/mol. The fourth-order valence-electron chi connectivity index (χ4n) is 12.1. The summed E-state index contributed by atoms with van der Waals surface area (Å²) in [6.45, 7) is 27.6. The van der Waals surface area contributed by atoms with Crippen molar-refractivity contribution < 1.29 is 0 Å². The molecule has 1 heterocycles. The molecule has 1 aromatic heterocycles. The van der Waals surface area contributed by atoms with Crippen molar-refractivity contribution >= 4 is 65.6 Å². The molecule has 0 unspecified atom stereocenters. The summed E-state index contributed by atoms with van der Waals surface area (Å²) in [7, 11) is 0. The lowest BCUT2D eigenvalue weighted by Gasteiger charge is -2.34. The predicted octanol–water partition coefficient (Wildman–Crippen LogP) is 20.5. The minimum atomic E-state index is -0.629. The summed E-state index contributed by atoms with van der Waals surface area (Å²) in [6, 6.07) is 74.9. The first-order chi connectivity index (χ1) is 35.2. The molecule has 0 aliphatic heterocycles. The molecule has 9 aromatic carbocycles. The van der Waals surface area contributed by atoms with Crippen molar-refractivity contribution in [1.29, 1.82) is 0 Å². The van der Waals surface area contributed by atoms with Gasteiger partial charge in [0, 0.05) is 43.9 Å². The quantitative estimate of drug-likeness (QED) is 0.164. The second kappa shape index (κ2) is 16.9. The van der Waals surface area contributed by atoms with Gasteiger partial charge in [-0.3, -0.25) is 0 Å². The first-order valence-electron chi connectivity index (χ1n) is 26.6. The van der Waals surface area contributed by atoms with Crippen LogP contribution in [0.1, 0.15) is 128 Å². The van der Waals surface area contributed by atoms with Gasteiger partial charge in [-0.05, 0) is 161 Å². The van der Waals surface area contributed by atoms with E-state index in [-0.39, 0.29) is 21.7 Å². The molecule has 3 heteroatoms. The summed E-state index contributed by atoms with van der Waals surface area (Å²) < 4.78 is 2.58. The van der Waals surface area contributed by atoms with E-state index in [0.29, 0.717) is 0 Å². The van der Waals surface area contributed by atoms with Gasteiger partial charge >= 0.3 is 0 Å². The third kappa shape index (κ3) is 7.56. The van der Waals surface area contributed by atoms with Crippen molar-refractivity contribution in [3.8, 4) is 22.3 Å². The summed E-state index contributed by atoms with van der Waals surface area (Å²) in [6.07, 6.45) is 0. The highest BCUT2D eigenvalue weighted by molar-refractivity contribution is 7.26. The van der Waals surface area contributed by atoms with Gasteiger partial charge in [-0.2, -0.15) is 0 Å². The average Bonchev–Trinajstić information content (AvgIpc) is 4.07. The smallest absolute Gasteiger partial charge is 0.0727 e. The fourth-order valence-corrected chi connectivity index (χ4v) is 13.3. The van der Waals surface area contributed by atoms with Crippen molar-refractivity contribution in [3.05, 3.63) is 239 Å². The number of hydrogen-bond acceptors (Lipinski definition) is 3. The molecule has 0 fully saturated rings. The van der Waals surface area contributed by atoms with Gasteiger partial charge in [-0.25, -0.2) is 0 Å². The molecular weight excluding hydrogens is 913 g/mol. The number of hydrogen-bond donors (Lipinski definition) is 0. The molecule has 0 N–H and O–H groups in total. The van der Waals surface area contributed by atoms with Crippen molar-refractivity contribution in [3.63, 3.8) is 0 Å². The number of fused-ring (bicyclic) bond motifs is 14. The third-order valence-electron chi connectivity index (χ3n) is 16.1. The molecular formula is C71H68N2S. The molecule has 0 radical (unpaired) electrons. The summed E-state index contributed by atoms with van der Waals surface area (Å²) >= 11 is 1.92. The van der Waals surface area contributed by atoms with E-state index < -0.39 is 5.41 Å². The lowest BCUT2D eigenvalue weighted by molar-refractivity contribution is 0.590. The van der Waals surface area contributed by atoms with Crippen LogP contribution in [0.3, 0.4) is 0 Å². The van der Waals surface area contributed by atoms with E-state index in [1.54, 1.807) is 0 Å². The van der Waals surface area contributed by atoms with Crippen LogP contribution in [0.25, 0.3) is 42.4 Å². The highest BCUT2D eigenvalue weighted by Gasteiger charge is 2.53. The van der Waals surface area contributed by atoms with Crippen LogP contribution >= 0.6 is 11.3 Å². The van der Waals surface area contributed by atoms with Crippen LogP contribution < -0.4 is 9.80 Å². The van der Waals surface area contributed by atoms with Crippen molar-refractivity contribution in [2.24, 2.45) is 0 Å². The molecule has 2 aliphatic rings. The molecule has 1 spiro atoms.